The van der Waals surface area contributed by atoms with Crippen LogP contribution in [-0.4, -0.2) is 43.2 Å². The highest BCUT2D eigenvalue weighted by Gasteiger charge is 2.21. The van der Waals surface area contributed by atoms with Crippen LogP contribution in [0.5, 0.6) is 0 Å². The molecule has 2 aromatic heterocycles. The van der Waals surface area contributed by atoms with Gasteiger partial charge in [0.2, 0.25) is 0 Å². The molecule has 1 aromatic carbocycles. The molecule has 0 radical (unpaired) electrons. The number of fused-ring (bicyclic) bond motifs is 1. The Hall–Kier alpha value is -3.22. The molecule has 1 amide bonds. The summed E-state index contributed by atoms with van der Waals surface area (Å²) in [6, 6.07) is 11.7. The van der Waals surface area contributed by atoms with E-state index >= 15 is 0 Å². The van der Waals surface area contributed by atoms with Crippen LogP contribution in [0.1, 0.15) is 54.3 Å². The molecule has 0 spiro atoms. The highest BCUT2D eigenvalue weighted by atomic mass is 16.4. The maximum Gasteiger partial charge on any atom is 0.303 e. The molecule has 0 aliphatic heterocycles. The number of aryl methyl sites for hydroxylation is 1. The van der Waals surface area contributed by atoms with E-state index in [0.717, 1.165) is 16.6 Å². The summed E-state index contributed by atoms with van der Waals surface area (Å²) < 4.78 is 1.84. The van der Waals surface area contributed by atoms with Gasteiger partial charge in [-0.3, -0.25) is 9.59 Å². The highest BCUT2D eigenvalue weighted by Crippen LogP contribution is 2.21. The second kappa shape index (κ2) is 8.86. The fraction of sp³-hybridized carbons (Fsp3) is 0.364. The molecule has 152 valence electrons. The molecule has 0 fully saturated rings. The molecule has 1 N–H and O–H groups in total. The van der Waals surface area contributed by atoms with E-state index in [-0.39, 0.29) is 18.4 Å². The molecule has 7 nitrogen and oxygen atoms in total. The number of aliphatic carboxylic acids is 1. The van der Waals surface area contributed by atoms with Crippen LogP contribution in [0.3, 0.4) is 0 Å². The smallest absolute Gasteiger partial charge is 0.303 e. The number of amides is 1. The monoisotopic (exact) mass is 394 g/mol. The van der Waals surface area contributed by atoms with Crippen molar-refractivity contribution in [3.63, 3.8) is 0 Å². The topological polar surface area (TPSA) is 88.3 Å². The first-order valence-electron chi connectivity index (χ1n) is 9.76. The standard InChI is InChI=1S/C22H26N4O3/c1-15(2)26-21-18(13-23-26)12-19(16(3)24-21)22(29)25(11-7-10-20(27)28)14-17-8-5-4-6-9-17/h4-6,8-9,12-13,15H,7,10-11,14H2,1-3H3,(H,27,28). The van der Waals surface area contributed by atoms with Crippen molar-refractivity contribution in [2.24, 2.45) is 0 Å². The van der Waals surface area contributed by atoms with Gasteiger partial charge in [-0.2, -0.15) is 5.10 Å². The van der Waals surface area contributed by atoms with Gasteiger partial charge in [-0.25, -0.2) is 9.67 Å². The van der Waals surface area contributed by atoms with Crippen LogP contribution in [0.15, 0.2) is 42.6 Å². The molecule has 0 atom stereocenters. The maximum absolute atomic E-state index is 13.3. The molecule has 0 bridgehead atoms. The Balaban J connectivity index is 1.91. The second-order valence-electron chi connectivity index (χ2n) is 7.43. The van der Waals surface area contributed by atoms with Crippen LogP contribution >= 0.6 is 0 Å². The molecular weight excluding hydrogens is 368 g/mol. The van der Waals surface area contributed by atoms with Gasteiger partial charge in [-0.15, -0.1) is 0 Å². The zero-order chi connectivity index (χ0) is 21.0. The lowest BCUT2D eigenvalue weighted by molar-refractivity contribution is -0.137. The predicted molar refractivity (Wildman–Crippen MR) is 111 cm³/mol. The van der Waals surface area contributed by atoms with Crippen LogP contribution in [0.25, 0.3) is 11.0 Å². The fourth-order valence-corrected chi connectivity index (χ4v) is 3.31. The average molecular weight is 394 g/mol. The van der Waals surface area contributed by atoms with E-state index in [2.05, 4.69) is 10.1 Å². The SMILES string of the molecule is Cc1nc2c(cnn2C(C)C)cc1C(=O)N(CCCC(=O)O)Cc1ccccc1. The minimum absolute atomic E-state index is 0.0238. The van der Waals surface area contributed by atoms with Crippen molar-refractivity contribution < 1.29 is 14.7 Å². The molecule has 3 rings (SSSR count). The first-order chi connectivity index (χ1) is 13.9. The zero-order valence-electron chi connectivity index (χ0n) is 17.0. The molecule has 0 saturated carbocycles. The minimum atomic E-state index is -0.863. The Morgan fingerprint density at radius 1 is 1.21 bits per heavy atom. The van der Waals surface area contributed by atoms with Crippen molar-refractivity contribution in [1.29, 1.82) is 0 Å². The largest absolute Gasteiger partial charge is 0.481 e. The zero-order valence-corrected chi connectivity index (χ0v) is 17.0. The summed E-state index contributed by atoms with van der Waals surface area (Å²) in [7, 11) is 0. The summed E-state index contributed by atoms with van der Waals surface area (Å²) in [6.45, 7) is 6.67. The summed E-state index contributed by atoms with van der Waals surface area (Å²) in [6.07, 6.45) is 2.15. The average Bonchev–Trinajstić information content (AvgIpc) is 3.09. The second-order valence-corrected chi connectivity index (χ2v) is 7.43. The summed E-state index contributed by atoms with van der Waals surface area (Å²) in [5, 5.41) is 14.2. The first kappa shape index (κ1) is 20.5. The summed E-state index contributed by atoms with van der Waals surface area (Å²) in [5.41, 5.74) is 2.92. The van der Waals surface area contributed by atoms with Gasteiger partial charge in [0.25, 0.3) is 5.91 Å². The third kappa shape index (κ3) is 4.80. The van der Waals surface area contributed by atoms with Crippen molar-refractivity contribution in [1.82, 2.24) is 19.7 Å². The third-order valence-electron chi connectivity index (χ3n) is 4.80. The fourth-order valence-electron chi connectivity index (χ4n) is 3.31. The highest BCUT2D eigenvalue weighted by molar-refractivity contribution is 5.98. The Morgan fingerprint density at radius 2 is 1.93 bits per heavy atom. The predicted octanol–water partition coefficient (Wildman–Crippen LogP) is 3.83. The Morgan fingerprint density at radius 3 is 2.59 bits per heavy atom. The molecule has 0 saturated heterocycles. The number of hydrogen-bond acceptors (Lipinski definition) is 4. The van der Waals surface area contributed by atoms with Crippen LogP contribution < -0.4 is 0 Å². The van der Waals surface area contributed by atoms with Gasteiger partial charge < -0.3 is 10.0 Å². The van der Waals surface area contributed by atoms with Crippen molar-refractivity contribution in [2.45, 2.75) is 46.2 Å². The number of carbonyl (C=O) groups is 2. The normalized spacial score (nSPS) is 11.2. The quantitative estimate of drug-likeness (QED) is 0.627. The van der Waals surface area contributed by atoms with Crippen LogP contribution in [0, 0.1) is 6.92 Å². The minimum Gasteiger partial charge on any atom is -0.481 e. The number of pyridine rings is 1. The van der Waals surface area contributed by atoms with E-state index in [4.69, 9.17) is 5.11 Å². The van der Waals surface area contributed by atoms with Gasteiger partial charge in [0.15, 0.2) is 5.65 Å². The number of carboxylic acid groups (broad SMARTS) is 1. The maximum atomic E-state index is 13.3. The van der Waals surface area contributed by atoms with E-state index in [1.165, 1.54) is 0 Å². The molecule has 0 aliphatic rings. The molecular formula is C22H26N4O3. The van der Waals surface area contributed by atoms with Gasteiger partial charge >= 0.3 is 5.97 Å². The van der Waals surface area contributed by atoms with Gasteiger partial charge in [-0.1, -0.05) is 30.3 Å². The van der Waals surface area contributed by atoms with Crippen molar-refractivity contribution >= 4 is 22.9 Å². The number of carboxylic acids is 1. The number of carbonyl (C=O) groups excluding carboxylic acids is 1. The molecule has 3 aromatic rings. The van der Waals surface area contributed by atoms with E-state index in [9.17, 15) is 9.59 Å². The molecule has 7 heteroatoms. The van der Waals surface area contributed by atoms with E-state index in [0.29, 0.717) is 30.8 Å². The van der Waals surface area contributed by atoms with E-state index < -0.39 is 5.97 Å². The molecule has 0 aliphatic carbocycles. The summed E-state index contributed by atoms with van der Waals surface area (Å²) in [5.74, 6) is -1.01. The van der Waals surface area contributed by atoms with Crippen molar-refractivity contribution in [3.8, 4) is 0 Å². The lowest BCUT2D eigenvalue weighted by atomic mass is 10.1. The Labute approximate surface area is 170 Å². The van der Waals surface area contributed by atoms with Gasteiger partial charge in [0.1, 0.15) is 0 Å². The van der Waals surface area contributed by atoms with Gasteiger partial charge in [0, 0.05) is 30.9 Å². The summed E-state index contributed by atoms with van der Waals surface area (Å²) in [4.78, 5) is 30.6. The lowest BCUT2D eigenvalue weighted by Gasteiger charge is -2.23. The van der Waals surface area contributed by atoms with E-state index in [1.807, 2.05) is 61.9 Å². The van der Waals surface area contributed by atoms with Crippen molar-refractivity contribution in [3.05, 3.63) is 59.4 Å². The molecule has 0 unspecified atom stereocenters. The number of nitrogens with zero attached hydrogens (tertiary/aromatic N) is 4. The van der Waals surface area contributed by atoms with Crippen molar-refractivity contribution in [2.75, 3.05) is 6.54 Å². The van der Waals surface area contributed by atoms with E-state index in [1.54, 1.807) is 11.1 Å². The lowest BCUT2D eigenvalue weighted by Crippen LogP contribution is -2.32. The molecule has 29 heavy (non-hydrogen) atoms. The first-order valence-corrected chi connectivity index (χ1v) is 9.76. The summed E-state index contributed by atoms with van der Waals surface area (Å²) >= 11 is 0. The van der Waals surface area contributed by atoms with Crippen LogP contribution in [0.2, 0.25) is 0 Å². The third-order valence-corrected chi connectivity index (χ3v) is 4.80. The number of rotatable bonds is 8. The van der Waals surface area contributed by atoms with Gasteiger partial charge in [0.05, 0.1) is 17.5 Å². The Bertz CT molecular complexity index is 1010. The number of hydrogen-bond donors (Lipinski definition) is 1. The number of benzene rings is 1. The number of aromatic nitrogens is 3. The Kier molecular flexibility index (Phi) is 6.26. The van der Waals surface area contributed by atoms with Crippen LogP contribution in [-0.2, 0) is 11.3 Å². The van der Waals surface area contributed by atoms with Crippen LogP contribution in [0.4, 0.5) is 0 Å². The van der Waals surface area contributed by atoms with Gasteiger partial charge in [-0.05, 0) is 38.8 Å². The molecule has 2 heterocycles.